The fourth-order valence-corrected chi connectivity index (χ4v) is 10.5. The normalized spacial score (nSPS) is 25.4. The van der Waals surface area contributed by atoms with Crippen molar-refractivity contribution < 1.29 is 32.6 Å². The number of para-hydroxylation sites is 1. The molecule has 0 radical (unpaired) electrons. The molecule has 3 amide bonds. The molecule has 1 aromatic carbocycles. The number of hydrogen-bond donors (Lipinski definition) is 2. The van der Waals surface area contributed by atoms with Crippen molar-refractivity contribution in [2.45, 2.75) is 113 Å². The van der Waals surface area contributed by atoms with Gasteiger partial charge in [0, 0.05) is 50.4 Å². The monoisotopic (exact) mass is 875 g/mol. The van der Waals surface area contributed by atoms with E-state index in [2.05, 4.69) is 42.5 Å². The summed E-state index contributed by atoms with van der Waals surface area (Å²) in [7, 11) is 0. The number of piperidine rings is 2. The molecule has 1 unspecified atom stereocenters. The van der Waals surface area contributed by atoms with Crippen molar-refractivity contribution in [2.24, 2.45) is 5.92 Å². The zero-order valence-electron chi connectivity index (χ0n) is 35.5. The number of alkyl halides is 2. The summed E-state index contributed by atoms with van der Waals surface area (Å²) in [5, 5.41) is 19.6. The van der Waals surface area contributed by atoms with Gasteiger partial charge >= 0.3 is 0 Å². The van der Waals surface area contributed by atoms with Crippen LogP contribution in [0.4, 0.5) is 20.3 Å². The highest BCUT2D eigenvalue weighted by Crippen LogP contribution is 2.41. The summed E-state index contributed by atoms with van der Waals surface area (Å²) in [4.78, 5) is 47.6. The molecule has 64 heavy (non-hydrogen) atoms. The van der Waals surface area contributed by atoms with Crippen molar-refractivity contribution in [3.8, 4) is 11.8 Å². The average Bonchev–Trinajstić information content (AvgIpc) is 3.73. The van der Waals surface area contributed by atoms with E-state index in [1.165, 1.54) is 10.7 Å². The number of morpholine rings is 1. The molecular weight excluding hydrogens is 825 g/mol. The summed E-state index contributed by atoms with van der Waals surface area (Å²) in [6.07, 6.45) is 11.4. The third-order valence-electron chi connectivity index (χ3n) is 14.1. The first-order chi connectivity index (χ1) is 31.2. The smallest absolute Gasteiger partial charge is 0.284 e. The third kappa shape index (κ3) is 8.02. The molecule has 334 valence electrons. The predicted octanol–water partition coefficient (Wildman–Crippen LogP) is 5.56. The fourth-order valence-electron chi connectivity index (χ4n) is 10.5. The second-order valence-corrected chi connectivity index (χ2v) is 18.3. The molecule has 3 atom stereocenters. The summed E-state index contributed by atoms with van der Waals surface area (Å²) in [5.74, 6) is 6.28. The molecule has 2 saturated carbocycles. The Kier molecular flexibility index (Phi) is 10.9. The van der Waals surface area contributed by atoms with E-state index < -0.39 is 23.9 Å². The van der Waals surface area contributed by atoms with Gasteiger partial charge < -0.3 is 24.6 Å². The van der Waals surface area contributed by atoms with E-state index in [1.807, 2.05) is 28.9 Å². The number of carbonyl (C=O) groups is 3. The minimum Gasteiger partial charge on any atom is -0.374 e. The van der Waals surface area contributed by atoms with Crippen molar-refractivity contribution in [3.63, 3.8) is 0 Å². The van der Waals surface area contributed by atoms with Crippen LogP contribution < -0.4 is 15.5 Å². The zero-order chi connectivity index (χ0) is 43.5. The van der Waals surface area contributed by atoms with Gasteiger partial charge in [0.25, 0.3) is 12.3 Å². The van der Waals surface area contributed by atoms with Gasteiger partial charge in [-0.3, -0.25) is 29.1 Å². The molecule has 2 N–H and O–H groups in total. The molecule has 2 bridgehead atoms. The van der Waals surface area contributed by atoms with Gasteiger partial charge in [-0.2, -0.15) is 15.3 Å². The number of ether oxygens (including phenoxy) is 2. The van der Waals surface area contributed by atoms with Gasteiger partial charge in [0.2, 0.25) is 11.8 Å². The first-order valence-electron chi connectivity index (χ1n) is 22.8. The number of benzene rings is 1. The Labute approximate surface area is 368 Å². The number of halogens is 2. The molecule has 6 aliphatic rings. The number of imide groups is 1. The minimum atomic E-state index is -2.85. The van der Waals surface area contributed by atoms with Crippen molar-refractivity contribution in [2.75, 3.05) is 49.6 Å². The van der Waals surface area contributed by atoms with Crippen LogP contribution in [0.3, 0.4) is 0 Å². The molecule has 11 rings (SSSR count). The Morgan fingerprint density at radius 2 is 1.83 bits per heavy atom. The maximum atomic E-state index is 14.3. The van der Waals surface area contributed by atoms with E-state index in [0.29, 0.717) is 43.7 Å². The maximum Gasteiger partial charge on any atom is 0.284 e. The number of nitrogens with zero attached hydrogens (tertiary/aromatic N) is 9. The predicted molar refractivity (Wildman–Crippen MR) is 230 cm³/mol. The molecule has 18 heteroatoms. The lowest BCUT2D eigenvalue weighted by Gasteiger charge is -2.36. The van der Waals surface area contributed by atoms with Gasteiger partial charge in [0.1, 0.15) is 18.0 Å². The van der Waals surface area contributed by atoms with Crippen molar-refractivity contribution in [1.82, 2.24) is 44.4 Å². The number of aromatic nitrogens is 7. The molecule has 16 nitrogen and oxygen atoms in total. The first-order valence-corrected chi connectivity index (χ1v) is 22.8. The van der Waals surface area contributed by atoms with E-state index >= 15 is 0 Å². The third-order valence-corrected chi connectivity index (χ3v) is 14.1. The highest BCUT2D eigenvalue weighted by Gasteiger charge is 2.40. The minimum absolute atomic E-state index is 0.00159. The highest BCUT2D eigenvalue weighted by molar-refractivity contribution is 6.08. The first kappa shape index (κ1) is 41.0. The lowest BCUT2D eigenvalue weighted by atomic mass is 9.85. The van der Waals surface area contributed by atoms with Crippen LogP contribution in [0, 0.1) is 17.8 Å². The summed E-state index contributed by atoms with van der Waals surface area (Å²) in [5.41, 5.74) is 2.65. The number of rotatable bonds is 11. The van der Waals surface area contributed by atoms with Crippen LogP contribution in [-0.2, 0) is 19.1 Å². The van der Waals surface area contributed by atoms with E-state index in [9.17, 15) is 23.2 Å². The standard InChI is InChI=1S/C46H51F2N11O5/c47-43(48)41-37(50-46(62)36-22-49-57-19-16-38(51-44(36)57)56-24-33-21-31(56)26-64-33)25-58(53-41)29-8-6-27(7-9-29)23-55-17-14-32(15-18-55)63-20-2-4-28-3-1-5-34-40(35-12-13-39(60)52-45(35)61)54-59(42(28)34)30-10-11-30/h1,3,5,16,19,22,25,27,29-33,35,43H,6-15,17-18,20-21,23-24,26H2,(H,50,62)(H,52,60,61)/t27-,29-,31-,33-,35?/m1/s1. The molecule has 4 saturated heterocycles. The maximum absolute atomic E-state index is 14.3. The molecule has 2 aliphatic carbocycles. The fraction of sp³-hybridized carbons (Fsp3) is 0.543. The van der Waals surface area contributed by atoms with E-state index in [4.69, 9.17) is 19.6 Å². The topological polar surface area (TPSA) is 166 Å². The number of fused-ring (bicyclic) bond motifs is 4. The molecule has 6 fully saturated rings. The van der Waals surface area contributed by atoms with Gasteiger partial charge in [-0.05, 0) is 82.3 Å². The molecule has 8 heterocycles. The molecule has 4 aromatic heterocycles. The van der Waals surface area contributed by atoms with Gasteiger partial charge in [-0.1, -0.05) is 24.0 Å². The summed E-state index contributed by atoms with van der Waals surface area (Å²) in [6, 6.07) is 8.32. The quantitative estimate of drug-likeness (QED) is 0.126. The summed E-state index contributed by atoms with van der Waals surface area (Å²) >= 11 is 0. The molecule has 0 spiro atoms. The number of carbonyl (C=O) groups excluding carboxylic acids is 3. The van der Waals surface area contributed by atoms with Gasteiger partial charge in [0.15, 0.2) is 11.3 Å². The lowest BCUT2D eigenvalue weighted by Crippen LogP contribution is -2.40. The summed E-state index contributed by atoms with van der Waals surface area (Å²) < 4.78 is 45.8. The van der Waals surface area contributed by atoms with Gasteiger partial charge in [0.05, 0.1) is 71.5 Å². The molecule has 4 aliphatic heterocycles. The number of amides is 3. The van der Waals surface area contributed by atoms with Gasteiger partial charge in [-0.25, -0.2) is 18.3 Å². The number of nitrogens with one attached hydrogen (secondary N) is 2. The van der Waals surface area contributed by atoms with Crippen LogP contribution in [0.5, 0.6) is 0 Å². The van der Waals surface area contributed by atoms with Crippen molar-refractivity contribution in [3.05, 3.63) is 65.4 Å². The Balaban J connectivity index is 0.660. The number of anilines is 2. The highest BCUT2D eigenvalue weighted by atomic mass is 19.3. The van der Waals surface area contributed by atoms with E-state index in [1.54, 1.807) is 17.1 Å². The average molecular weight is 876 g/mol. The molecule has 5 aromatic rings. The van der Waals surface area contributed by atoms with Crippen LogP contribution in [-0.4, -0.2) is 114 Å². The zero-order valence-corrected chi connectivity index (χ0v) is 35.5. The van der Waals surface area contributed by atoms with Crippen LogP contribution in [0.25, 0.3) is 16.6 Å². The number of hydrogen-bond acceptors (Lipinski definition) is 11. The van der Waals surface area contributed by atoms with Crippen molar-refractivity contribution >= 4 is 45.8 Å². The van der Waals surface area contributed by atoms with E-state index in [-0.39, 0.29) is 47.4 Å². The van der Waals surface area contributed by atoms with Crippen LogP contribution in [0.1, 0.15) is 122 Å². The number of likely N-dealkylation sites (tertiary alicyclic amines) is 1. The van der Waals surface area contributed by atoms with E-state index in [0.717, 1.165) is 112 Å². The second kappa shape index (κ2) is 17.0. The van der Waals surface area contributed by atoms with Crippen LogP contribution >= 0.6 is 0 Å². The van der Waals surface area contributed by atoms with Crippen molar-refractivity contribution in [1.29, 1.82) is 0 Å². The second-order valence-electron chi connectivity index (χ2n) is 18.3. The largest absolute Gasteiger partial charge is 0.374 e. The lowest BCUT2D eigenvalue weighted by molar-refractivity contribution is -0.134. The Bertz CT molecular complexity index is 2660. The Morgan fingerprint density at radius 1 is 1.00 bits per heavy atom. The van der Waals surface area contributed by atoms with Gasteiger partial charge in [-0.15, -0.1) is 0 Å². The SMILES string of the molecule is O=C1CCC(c2nn(C3CC3)c3c(C#CCOC4CCN(C[C@H]5CC[C@H](n6cc(NC(=O)c7cnn8ccc(N9C[C@H]%10C[C@@H]9CO%10)nc78)c(C(F)F)n6)CC5)CC4)cccc23)C(=O)N1. The Morgan fingerprint density at radius 3 is 2.58 bits per heavy atom. The van der Waals surface area contributed by atoms with Crippen LogP contribution in [0.2, 0.25) is 0 Å². The Hall–Kier alpha value is -5.77. The molecular formula is C46H51F2N11O5. The summed E-state index contributed by atoms with van der Waals surface area (Å²) in [6.45, 7) is 4.59. The van der Waals surface area contributed by atoms with Crippen LogP contribution in [0.15, 0.2) is 42.9 Å².